The fourth-order valence-corrected chi connectivity index (χ4v) is 2.22. The standard InChI is InChI=1S/C16H21N3/c1-12-8-9-15(17)16(18)14(12)11-19(2)10-13-6-4-3-5-7-13/h3-9H,10-11,17-18H2,1-2H3. The Morgan fingerprint density at radius 1 is 0.947 bits per heavy atom. The van der Waals surface area contributed by atoms with Crippen LogP contribution in [0.4, 0.5) is 11.4 Å². The number of hydrogen-bond acceptors (Lipinski definition) is 3. The highest BCUT2D eigenvalue weighted by Crippen LogP contribution is 2.24. The Morgan fingerprint density at radius 2 is 1.63 bits per heavy atom. The second kappa shape index (κ2) is 5.76. The molecular weight excluding hydrogens is 234 g/mol. The molecule has 0 aliphatic carbocycles. The highest BCUT2D eigenvalue weighted by atomic mass is 15.1. The minimum Gasteiger partial charge on any atom is -0.397 e. The van der Waals surface area contributed by atoms with Crippen LogP contribution in [-0.4, -0.2) is 11.9 Å². The SMILES string of the molecule is Cc1ccc(N)c(N)c1CN(C)Cc1ccccc1. The van der Waals surface area contributed by atoms with Crippen LogP contribution in [0.5, 0.6) is 0 Å². The van der Waals surface area contributed by atoms with Gasteiger partial charge in [-0.2, -0.15) is 0 Å². The molecule has 0 aliphatic heterocycles. The van der Waals surface area contributed by atoms with Crippen molar-refractivity contribution in [3.63, 3.8) is 0 Å². The van der Waals surface area contributed by atoms with Gasteiger partial charge in [0.05, 0.1) is 11.4 Å². The predicted octanol–water partition coefficient (Wildman–Crippen LogP) is 2.79. The first-order valence-electron chi connectivity index (χ1n) is 6.44. The number of aryl methyl sites for hydroxylation is 1. The maximum absolute atomic E-state index is 6.07. The van der Waals surface area contributed by atoms with Crippen LogP contribution in [0.25, 0.3) is 0 Å². The van der Waals surface area contributed by atoms with E-state index in [-0.39, 0.29) is 0 Å². The number of nitrogens with two attached hydrogens (primary N) is 2. The molecule has 0 heterocycles. The summed E-state index contributed by atoms with van der Waals surface area (Å²) >= 11 is 0. The largest absolute Gasteiger partial charge is 0.397 e. The third-order valence-electron chi connectivity index (χ3n) is 3.35. The summed E-state index contributed by atoms with van der Waals surface area (Å²) < 4.78 is 0. The maximum Gasteiger partial charge on any atom is 0.0596 e. The Bertz CT molecular complexity index is 549. The summed E-state index contributed by atoms with van der Waals surface area (Å²) in [6.45, 7) is 3.77. The molecule has 3 nitrogen and oxygen atoms in total. The first-order chi connectivity index (χ1) is 9.08. The number of benzene rings is 2. The average molecular weight is 255 g/mol. The van der Waals surface area contributed by atoms with Gasteiger partial charge >= 0.3 is 0 Å². The molecule has 4 N–H and O–H groups in total. The van der Waals surface area contributed by atoms with E-state index in [0.29, 0.717) is 11.4 Å². The molecule has 2 aromatic carbocycles. The zero-order valence-electron chi connectivity index (χ0n) is 11.6. The van der Waals surface area contributed by atoms with Crippen LogP contribution in [0, 0.1) is 6.92 Å². The van der Waals surface area contributed by atoms with E-state index in [9.17, 15) is 0 Å². The monoisotopic (exact) mass is 255 g/mol. The Hall–Kier alpha value is -2.00. The number of nitrogen functional groups attached to an aromatic ring is 2. The molecule has 0 saturated heterocycles. The normalized spacial score (nSPS) is 10.9. The van der Waals surface area contributed by atoms with Crippen molar-refractivity contribution in [3.8, 4) is 0 Å². The van der Waals surface area contributed by atoms with E-state index in [0.717, 1.165) is 18.7 Å². The van der Waals surface area contributed by atoms with Crippen molar-refractivity contribution in [2.75, 3.05) is 18.5 Å². The second-order valence-corrected chi connectivity index (χ2v) is 5.02. The van der Waals surface area contributed by atoms with Gasteiger partial charge in [-0.15, -0.1) is 0 Å². The molecule has 0 radical (unpaired) electrons. The highest BCUT2D eigenvalue weighted by Gasteiger charge is 2.09. The third-order valence-corrected chi connectivity index (χ3v) is 3.35. The van der Waals surface area contributed by atoms with Crippen LogP contribution in [0.3, 0.4) is 0 Å². The van der Waals surface area contributed by atoms with Crippen LogP contribution in [0.15, 0.2) is 42.5 Å². The van der Waals surface area contributed by atoms with Crippen molar-refractivity contribution in [2.45, 2.75) is 20.0 Å². The van der Waals surface area contributed by atoms with Crippen LogP contribution >= 0.6 is 0 Å². The van der Waals surface area contributed by atoms with Crippen molar-refractivity contribution in [1.29, 1.82) is 0 Å². The van der Waals surface area contributed by atoms with E-state index in [1.807, 2.05) is 18.2 Å². The van der Waals surface area contributed by atoms with Crippen molar-refractivity contribution >= 4 is 11.4 Å². The van der Waals surface area contributed by atoms with Gasteiger partial charge < -0.3 is 11.5 Å². The first-order valence-corrected chi connectivity index (χ1v) is 6.44. The van der Waals surface area contributed by atoms with Crippen LogP contribution in [-0.2, 0) is 13.1 Å². The van der Waals surface area contributed by atoms with E-state index in [4.69, 9.17) is 11.5 Å². The summed E-state index contributed by atoms with van der Waals surface area (Å²) in [5.41, 5.74) is 16.9. The van der Waals surface area contributed by atoms with Gasteiger partial charge in [0.15, 0.2) is 0 Å². The zero-order chi connectivity index (χ0) is 13.8. The lowest BCUT2D eigenvalue weighted by atomic mass is 10.0. The van der Waals surface area contributed by atoms with Crippen molar-refractivity contribution < 1.29 is 0 Å². The Morgan fingerprint density at radius 3 is 2.32 bits per heavy atom. The Kier molecular flexibility index (Phi) is 4.07. The number of rotatable bonds is 4. The highest BCUT2D eigenvalue weighted by molar-refractivity contribution is 5.69. The van der Waals surface area contributed by atoms with Gasteiger partial charge in [-0.1, -0.05) is 36.4 Å². The summed E-state index contributed by atoms with van der Waals surface area (Å²) in [6, 6.07) is 14.3. The van der Waals surface area contributed by atoms with E-state index in [1.54, 1.807) is 0 Å². The molecule has 0 spiro atoms. The maximum atomic E-state index is 6.07. The first kappa shape index (κ1) is 13.4. The summed E-state index contributed by atoms with van der Waals surface area (Å²) in [5.74, 6) is 0. The van der Waals surface area contributed by atoms with Gasteiger partial charge in [0.25, 0.3) is 0 Å². The van der Waals surface area contributed by atoms with Gasteiger partial charge in [-0.25, -0.2) is 0 Å². The summed E-state index contributed by atoms with van der Waals surface area (Å²) in [5, 5.41) is 0. The Labute approximate surface area is 114 Å². The summed E-state index contributed by atoms with van der Waals surface area (Å²) in [7, 11) is 2.09. The lowest BCUT2D eigenvalue weighted by Crippen LogP contribution is -2.19. The molecular formula is C16H21N3. The molecule has 0 saturated carbocycles. The van der Waals surface area contributed by atoms with Gasteiger partial charge in [-0.3, -0.25) is 4.90 Å². The average Bonchev–Trinajstić information content (AvgIpc) is 2.40. The molecule has 0 unspecified atom stereocenters. The molecule has 0 fully saturated rings. The second-order valence-electron chi connectivity index (χ2n) is 5.02. The molecule has 2 rings (SSSR count). The summed E-state index contributed by atoms with van der Waals surface area (Å²) in [4.78, 5) is 2.24. The lowest BCUT2D eigenvalue weighted by Gasteiger charge is -2.20. The molecule has 3 heteroatoms. The quantitative estimate of drug-likeness (QED) is 0.826. The molecule has 0 aliphatic rings. The molecule has 0 amide bonds. The summed E-state index contributed by atoms with van der Waals surface area (Å²) in [6.07, 6.45) is 0. The topological polar surface area (TPSA) is 55.3 Å². The van der Waals surface area contributed by atoms with Gasteiger partial charge in [0.2, 0.25) is 0 Å². The Balaban J connectivity index is 2.11. The predicted molar refractivity (Wildman–Crippen MR) is 81.6 cm³/mol. The van der Waals surface area contributed by atoms with Crippen LogP contribution in [0.1, 0.15) is 16.7 Å². The molecule has 2 aromatic rings. The molecule has 0 aromatic heterocycles. The van der Waals surface area contributed by atoms with Gasteiger partial charge in [0.1, 0.15) is 0 Å². The zero-order valence-corrected chi connectivity index (χ0v) is 11.6. The third kappa shape index (κ3) is 3.26. The van der Waals surface area contributed by atoms with E-state index in [2.05, 4.69) is 43.1 Å². The van der Waals surface area contributed by atoms with E-state index in [1.165, 1.54) is 11.1 Å². The molecule has 100 valence electrons. The van der Waals surface area contributed by atoms with E-state index < -0.39 is 0 Å². The van der Waals surface area contributed by atoms with Gasteiger partial charge in [-0.05, 0) is 36.7 Å². The van der Waals surface area contributed by atoms with Crippen molar-refractivity contribution in [2.24, 2.45) is 0 Å². The molecule has 19 heavy (non-hydrogen) atoms. The smallest absolute Gasteiger partial charge is 0.0596 e. The van der Waals surface area contributed by atoms with Crippen molar-refractivity contribution in [1.82, 2.24) is 4.90 Å². The number of hydrogen-bond donors (Lipinski definition) is 2. The molecule has 0 atom stereocenters. The minimum atomic E-state index is 0.661. The number of anilines is 2. The van der Waals surface area contributed by atoms with Crippen molar-refractivity contribution in [3.05, 3.63) is 59.2 Å². The van der Waals surface area contributed by atoms with Crippen LogP contribution < -0.4 is 11.5 Å². The fourth-order valence-electron chi connectivity index (χ4n) is 2.22. The van der Waals surface area contributed by atoms with Crippen LogP contribution in [0.2, 0.25) is 0 Å². The van der Waals surface area contributed by atoms with Gasteiger partial charge in [0, 0.05) is 13.1 Å². The minimum absolute atomic E-state index is 0.661. The number of nitrogens with zero attached hydrogens (tertiary/aromatic N) is 1. The lowest BCUT2D eigenvalue weighted by molar-refractivity contribution is 0.319. The fraction of sp³-hybridized carbons (Fsp3) is 0.250. The molecule has 0 bridgehead atoms. The van der Waals surface area contributed by atoms with E-state index >= 15 is 0 Å².